The van der Waals surface area contributed by atoms with Gasteiger partial charge in [0.15, 0.2) is 5.78 Å². The zero-order chi connectivity index (χ0) is 16.7. The molecule has 0 saturated carbocycles. The van der Waals surface area contributed by atoms with Gasteiger partial charge in [0.1, 0.15) is 17.4 Å². The molecule has 1 aromatic carbocycles. The van der Waals surface area contributed by atoms with E-state index in [9.17, 15) is 9.90 Å². The molecule has 3 aromatic rings. The van der Waals surface area contributed by atoms with Crippen molar-refractivity contribution >= 4 is 22.7 Å². The second-order valence-corrected chi connectivity index (χ2v) is 6.65. The Balaban J connectivity index is 1.64. The molecule has 5 heteroatoms. The summed E-state index contributed by atoms with van der Waals surface area (Å²) in [6, 6.07) is 14.9. The molecule has 4 rings (SSSR count). The number of benzene rings is 1. The highest BCUT2D eigenvalue weighted by Gasteiger charge is 2.42. The number of thiophene rings is 1. The number of aromatic nitrogens is 1. The maximum absolute atomic E-state index is 12.6. The molecule has 0 radical (unpaired) electrons. The molecule has 1 atom stereocenters. The number of ketones is 1. The Kier molecular flexibility index (Phi) is 3.50. The summed E-state index contributed by atoms with van der Waals surface area (Å²) < 4.78 is 7.11. The highest BCUT2D eigenvalue weighted by atomic mass is 32.1. The van der Waals surface area contributed by atoms with Crippen molar-refractivity contribution in [3.05, 3.63) is 77.1 Å². The number of carbonyl (C=O) groups excluding carboxylic acids is 1. The third kappa shape index (κ3) is 2.25. The molecule has 120 valence electrons. The van der Waals surface area contributed by atoms with E-state index >= 15 is 0 Å². The fourth-order valence-electron chi connectivity index (χ4n) is 2.89. The van der Waals surface area contributed by atoms with E-state index in [-0.39, 0.29) is 11.5 Å². The lowest BCUT2D eigenvalue weighted by Gasteiger charge is -2.27. The topological polar surface area (TPSA) is 51.5 Å². The molecule has 1 unspecified atom stereocenters. The first-order valence-corrected chi connectivity index (χ1v) is 8.35. The number of hydrogen-bond acceptors (Lipinski definition) is 4. The Morgan fingerprint density at radius 2 is 1.79 bits per heavy atom. The quantitative estimate of drug-likeness (QED) is 0.777. The summed E-state index contributed by atoms with van der Waals surface area (Å²) in [7, 11) is 1.59. The summed E-state index contributed by atoms with van der Waals surface area (Å²) in [6.07, 6.45) is 3.91. The maximum atomic E-state index is 12.6. The van der Waals surface area contributed by atoms with E-state index in [0.29, 0.717) is 5.57 Å². The number of ether oxygens (including phenoxy) is 1. The number of carbonyl (C=O) groups is 1. The van der Waals surface area contributed by atoms with Crippen molar-refractivity contribution < 1.29 is 14.6 Å². The molecule has 24 heavy (non-hydrogen) atoms. The highest BCUT2D eigenvalue weighted by molar-refractivity contribution is 7.14. The summed E-state index contributed by atoms with van der Waals surface area (Å²) in [4.78, 5) is 13.4. The molecule has 0 spiro atoms. The predicted octanol–water partition coefficient (Wildman–Crippen LogP) is 4.18. The molecule has 1 N–H and O–H groups in total. The molecule has 4 nitrogen and oxygen atoms in total. The predicted molar refractivity (Wildman–Crippen MR) is 93.9 cm³/mol. The lowest BCUT2D eigenvalue weighted by molar-refractivity contribution is -0.116. The molecule has 0 aliphatic heterocycles. The Labute approximate surface area is 143 Å². The molecule has 1 aliphatic rings. The van der Waals surface area contributed by atoms with Crippen molar-refractivity contribution in [2.45, 2.75) is 5.92 Å². The van der Waals surface area contributed by atoms with Crippen LogP contribution in [0.4, 0.5) is 0 Å². The van der Waals surface area contributed by atoms with Crippen molar-refractivity contribution in [3.8, 4) is 10.8 Å². The van der Waals surface area contributed by atoms with Gasteiger partial charge in [-0.1, -0.05) is 12.1 Å². The van der Waals surface area contributed by atoms with Gasteiger partial charge in [-0.15, -0.1) is 11.3 Å². The molecule has 0 amide bonds. The zero-order valence-electron chi connectivity index (χ0n) is 13.0. The minimum atomic E-state index is -0.545. The second-order valence-electron chi connectivity index (χ2n) is 5.55. The fraction of sp³-hybridized carbons (Fsp3) is 0.105. The van der Waals surface area contributed by atoms with Crippen LogP contribution in [0.2, 0.25) is 0 Å². The van der Waals surface area contributed by atoms with E-state index in [1.807, 2.05) is 41.2 Å². The van der Waals surface area contributed by atoms with E-state index < -0.39 is 5.92 Å². The summed E-state index contributed by atoms with van der Waals surface area (Å²) in [5, 5.41) is 11.5. The first kappa shape index (κ1) is 14.8. The van der Waals surface area contributed by atoms with Crippen LogP contribution in [0.25, 0.3) is 10.6 Å². The molecule has 0 saturated heterocycles. The Hall–Kier alpha value is -2.79. The summed E-state index contributed by atoms with van der Waals surface area (Å²) in [5.41, 5.74) is 1.12. The maximum Gasteiger partial charge on any atom is 0.182 e. The molecular weight excluding hydrogens is 322 g/mol. The van der Waals surface area contributed by atoms with Gasteiger partial charge in [-0.3, -0.25) is 4.79 Å². The molecule has 0 bridgehead atoms. The first-order chi connectivity index (χ1) is 11.7. The standard InChI is InChI=1S/C19H15NO3S/c1-23-13-6-4-12(5-7-13)16-18(21)17(19(16)22)14-8-9-15(24-14)20-10-2-3-11-20/h2-11,17,21H,1H3. The van der Waals surface area contributed by atoms with Crippen LogP contribution in [0.1, 0.15) is 16.4 Å². The summed E-state index contributed by atoms with van der Waals surface area (Å²) in [6.45, 7) is 0. The van der Waals surface area contributed by atoms with E-state index in [0.717, 1.165) is 21.2 Å². The smallest absolute Gasteiger partial charge is 0.182 e. The van der Waals surface area contributed by atoms with Crippen molar-refractivity contribution in [2.75, 3.05) is 7.11 Å². The zero-order valence-corrected chi connectivity index (χ0v) is 13.8. The lowest BCUT2D eigenvalue weighted by atomic mass is 9.78. The number of aliphatic hydroxyl groups is 1. The van der Waals surface area contributed by atoms with Gasteiger partial charge in [0.2, 0.25) is 0 Å². The van der Waals surface area contributed by atoms with Crippen LogP contribution in [0.3, 0.4) is 0 Å². The Bertz CT molecular complexity index is 920. The van der Waals surface area contributed by atoms with Crippen LogP contribution in [-0.2, 0) is 4.79 Å². The monoisotopic (exact) mass is 337 g/mol. The van der Waals surface area contributed by atoms with E-state index in [1.54, 1.807) is 31.4 Å². The average molecular weight is 337 g/mol. The van der Waals surface area contributed by atoms with Crippen LogP contribution in [0, 0.1) is 0 Å². The minimum Gasteiger partial charge on any atom is -0.510 e. The lowest BCUT2D eigenvalue weighted by Crippen LogP contribution is -2.27. The van der Waals surface area contributed by atoms with Crippen LogP contribution in [0.15, 0.2) is 66.7 Å². The number of allylic oxidation sites excluding steroid dienone is 2. The highest BCUT2D eigenvalue weighted by Crippen LogP contribution is 2.45. The Morgan fingerprint density at radius 1 is 1.08 bits per heavy atom. The van der Waals surface area contributed by atoms with Gasteiger partial charge in [0.05, 0.1) is 17.7 Å². The number of Topliss-reactive ketones (excluding diaryl/α,β-unsaturated/α-hetero) is 1. The SMILES string of the molecule is COc1ccc(C2=C(O)C(c3ccc(-n4cccc4)s3)C2=O)cc1. The third-order valence-corrected chi connectivity index (χ3v) is 5.34. The number of aliphatic hydroxyl groups excluding tert-OH is 1. The average Bonchev–Trinajstić information content (AvgIpc) is 3.27. The van der Waals surface area contributed by atoms with Crippen LogP contribution in [0.5, 0.6) is 5.75 Å². The summed E-state index contributed by atoms with van der Waals surface area (Å²) >= 11 is 1.51. The van der Waals surface area contributed by atoms with Crippen molar-refractivity contribution in [2.24, 2.45) is 0 Å². The van der Waals surface area contributed by atoms with Crippen molar-refractivity contribution in [1.82, 2.24) is 4.57 Å². The second kappa shape index (κ2) is 5.69. The van der Waals surface area contributed by atoms with Crippen LogP contribution in [-0.4, -0.2) is 22.6 Å². The van der Waals surface area contributed by atoms with Crippen molar-refractivity contribution in [3.63, 3.8) is 0 Å². The normalized spacial score (nSPS) is 17.0. The van der Waals surface area contributed by atoms with E-state index in [1.165, 1.54) is 11.3 Å². The van der Waals surface area contributed by atoms with E-state index in [4.69, 9.17) is 4.74 Å². The first-order valence-electron chi connectivity index (χ1n) is 7.54. The van der Waals surface area contributed by atoms with Gasteiger partial charge in [0.25, 0.3) is 0 Å². The van der Waals surface area contributed by atoms with Gasteiger partial charge in [-0.25, -0.2) is 0 Å². The number of methoxy groups -OCH3 is 1. The minimum absolute atomic E-state index is 0.0430. The number of nitrogens with zero attached hydrogens (tertiary/aromatic N) is 1. The Morgan fingerprint density at radius 3 is 2.42 bits per heavy atom. The third-order valence-electron chi connectivity index (χ3n) is 4.17. The number of hydrogen-bond donors (Lipinski definition) is 1. The van der Waals surface area contributed by atoms with Gasteiger partial charge >= 0.3 is 0 Å². The molecular formula is C19H15NO3S. The summed E-state index contributed by atoms with van der Waals surface area (Å²) in [5.74, 6) is 0.276. The fourth-order valence-corrected chi connectivity index (χ4v) is 3.97. The van der Waals surface area contributed by atoms with Crippen molar-refractivity contribution in [1.29, 1.82) is 0 Å². The van der Waals surface area contributed by atoms with Gasteiger partial charge in [0, 0.05) is 17.3 Å². The van der Waals surface area contributed by atoms with Gasteiger partial charge < -0.3 is 14.4 Å². The van der Waals surface area contributed by atoms with Gasteiger partial charge in [-0.05, 0) is 42.0 Å². The molecule has 1 aliphatic carbocycles. The van der Waals surface area contributed by atoms with Crippen LogP contribution < -0.4 is 4.74 Å². The number of rotatable bonds is 4. The van der Waals surface area contributed by atoms with Gasteiger partial charge in [-0.2, -0.15) is 0 Å². The largest absolute Gasteiger partial charge is 0.510 e. The molecule has 0 fully saturated rings. The molecule has 2 heterocycles. The van der Waals surface area contributed by atoms with E-state index in [2.05, 4.69) is 0 Å². The van der Waals surface area contributed by atoms with Crippen LogP contribution >= 0.6 is 11.3 Å². The molecule has 2 aromatic heterocycles.